The minimum atomic E-state index is -1.33. The fraction of sp³-hybridized carbons (Fsp3) is 0.636. The first-order valence-electron chi connectivity index (χ1n) is 21.5. The molecule has 0 saturated carbocycles. The molecule has 0 atom stereocenters. The van der Waals surface area contributed by atoms with E-state index in [9.17, 15) is 0 Å². The van der Waals surface area contributed by atoms with Crippen LogP contribution in [-0.2, 0) is 21.7 Å². The van der Waals surface area contributed by atoms with E-state index in [4.69, 9.17) is 18.6 Å². The van der Waals surface area contributed by atoms with Crippen LogP contribution in [0.25, 0.3) is 18.6 Å². The maximum Gasteiger partial charge on any atom is 4.00 e. The summed E-state index contributed by atoms with van der Waals surface area (Å²) in [5.41, 5.74) is 6.35. The predicted molar refractivity (Wildman–Crippen MR) is 283 cm³/mol. The van der Waals surface area contributed by atoms with Crippen LogP contribution in [0.1, 0.15) is 25.7 Å². The normalized spacial score (nSPS) is 17.1. The molecule has 0 bridgehead atoms. The summed E-state index contributed by atoms with van der Waals surface area (Å²) in [5.74, 6) is 0. The van der Waals surface area contributed by atoms with Gasteiger partial charge in [-0.25, -0.2) is 0 Å². The van der Waals surface area contributed by atoms with Crippen molar-refractivity contribution < 1.29 is 21.7 Å². The van der Waals surface area contributed by atoms with Gasteiger partial charge in [0.2, 0.25) is 0 Å². The molecule has 0 saturated heterocycles. The molecule has 4 aliphatic carbocycles. The zero-order valence-electron chi connectivity index (χ0n) is 40.9. The van der Waals surface area contributed by atoms with Gasteiger partial charge in [-0.3, -0.25) is 0 Å². The summed E-state index contributed by atoms with van der Waals surface area (Å²) in [4.78, 5) is 0. The topological polar surface area (TPSA) is 56.4 Å². The van der Waals surface area contributed by atoms with Crippen molar-refractivity contribution in [2.24, 2.45) is 0 Å². The quantitative estimate of drug-likeness (QED) is 0.138. The number of rotatable bonds is 16. The summed E-state index contributed by atoms with van der Waals surface area (Å²) >= 11 is 0. The molecule has 0 fully saturated rings. The Kier molecular flexibility index (Phi) is 24.2. The van der Waals surface area contributed by atoms with Gasteiger partial charge in [0, 0.05) is 0 Å². The van der Waals surface area contributed by atoms with E-state index in [-0.39, 0.29) is 21.7 Å². The van der Waals surface area contributed by atoms with Gasteiger partial charge in [-0.2, -0.15) is 0 Å². The van der Waals surface area contributed by atoms with Crippen molar-refractivity contribution >= 4 is 65.9 Å². The smallest absolute Gasteiger partial charge is 0.667 e. The Balaban J connectivity index is 0.000000729. The summed E-state index contributed by atoms with van der Waals surface area (Å²) in [7, 11) is -10.2. The standard InChI is InChI=1S/4C11H22NSi2.Ti/c4*1-13(2,3)12-14(4,5)10-11-8-6-7-9-11;/h4*6-8H,9-10H2,1-5H3;/q4*-1;+4. The van der Waals surface area contributed by atoms with Crippen LogP contribution in [-0.4, -0.2) is 65.9 Å². The molecular formula is C44H88N4Si8Ti. The van der Waals surface area contributed by atoms with Gasteiger partial charge < -0.3 is 18.6 Å². The molecule has 0 N–H and O–H groups in total. The van der Waals surface area contributed by atoms with Crippen LogP contribution < -0.4 is 0 Å². The summed E-state index contributed by atoms with van der Waals surface area (Å²) in [6, 6.07) is 5.02. The second kappa shape index (κ2) is 24.2. The molecule has 0 heterocycles. The number of hydrogen-bond donors (Lipinski definition) is 0. The number of allylic oxidation sites excluding steroid dienone is 16. The van der Waals surface area contributed by atoms with Crippen LogP contribution in [0.2, 0.25) is 155 Å². The van der Waals surface area contributed by atoms with Gasteiger partial charge in [0.15, 0.2) is 0 Å². The first-order chi connectivity index (χ1) is 25.1. The van der Waals surface area contributed by atoms with E-state index >= 15 is 0 Å². The molecule has 0 aromatic rings. The van der Waals surface area contributed by atoms with Crippen molar-refractivity contribution in [2.75, 3.05) is 0 Å². The van der Waals surface area contributed by atoms with Gasteiger partial charge >= 0.3 is 21.7 Å². The number of nitrogens with zero attached hydrogens (tertiary/aromatic N) is 4. The fourth-order valence-corrected chi connectivity index (χ4v) is 44.3. The molecule has 4 rings (SSSR count). The van der Waals surface area contributed by atoms with E-state index in [1.807, 2.05) is 0 Å². The van der Waals surface area contributed by atoms with Crippen LogP contribution in [0.3, 0.4) is 0 Å². The Morgan fingerprint density at radius 1 is 0.316 bits per heavy atom. The van der Waals surface area contributed by atoms with Crippen LogP contribution >= 0.6 is 0 Å². The van der Waals surface area contributed by atoms with E-state index in [1.54, 1.807) is 22.3 Å². The molecule has 0 spiro atoms. The van der Waals surface area contributed by atoms with Crippen LogP contribution in [0.15, 0.2) is 95.2 Å². The molecule has 0 radical (unpaired) electrons. The third-order valence-electron chi connectivity index (χ3n) is 8.58. The van der Waals surface area contributed by atoms with E-state index in [0.717, 1.165) is 25.7 Å². The van der Waals surface area contributed by atoms with Crippen molar-refractivity contribution in [3.63, 3.8) is 0 Å². The third kappa shape index (κ3) is 31.7. The monoisotopic (exact) mass is 944 g/mol. The molecule has 0 aromatic heterocycles. The third-order valence-corrected chi connectivity index (χ3v) is 34.3. The van der Waals surface area contributed by atoms with Crippen molar-refractivity contribution in [3.8, 4) is 0 Å². The van der Waals surface area contributed by atoms with Gasteiger partial charge in [0.1, 0.15) is 0 Å². The molecule has 57 heavy (non-hydrogen) atoms. The second-order valence-corrected chi connectivity index (χ2v) is 59.8. The molecule has 13 heteroatoms. The Bertz CT molecular complexity index is 1270. The molecular weight excluding hydrogens is 857 g/mol. The Hall–Kier alpha value is 0.209. The minimum Gasteiger partial charge on any atom is -0.667 e. The van der Waals surface area contributed by atoms with Crippen molar-refractivity contribution in [3.05, 3.63) is 114 Å². The first-order valence-corrected chi connectivity index (χ1v) is 47.9. The van der Waals surface area contributed by atoms with Gasteiger partial charge in [-0.1, -0.05) is 316 Å². The van der Waals surface area contributed by atoms with Crippen LogP contribution in [0.5, 0.6) is 0 Å². The largest absolute Gasteiger partial charge is 4.00 e. The Morgan fingerprint density at radius 2 is 0.474 bits per heavy atom. The zero-order valence-corrected chi connectivity index (χ0v) is 50.4. The molecule has 4 aliphatic rings. The molecule has 320 valence electrons. The van der Waals surface area contributed by atoms with E-state index in [1.165, 1.54) is 24.2 Å². The average molecular weight is 946 g/mol. The van der Waals surface area contributed by atoms with Gasteiger partial charge in [-0.05, 0) is 25.7 Å². The average Bonchev–Trinajstić information content (AvgIpc) is 3.73. The maximum atomic E-state index is 5.11. The van der Waals surface area contributed by atoms with Gasteiger partial charge in [0.25, 0.3) is 0 Å². The summed E-state index contributed by atoms with van der Waals surface area (Å²) in [6.45, 7) is 47.2. The van der Waals surface area contributed by atoms with Crippen LogP contribution in [0.4, 0.5) is 0 Å². The zero-order chi connectivity index (χ0) is 43.3. The molecule has 4 nitrogen and oxygen atoms in total. The first kappa shape index (κ1) is 57.2. The van der Waals surface area contributed by atoms with Crippen LogP contribution in [0, 0.1) is 0 Å². The molecule has 0 amide bonds. The van der Waals surface area contributed by atoms with Crippen molar-refractivity contribution in [1.29, 1.82) is 0 Å². The Labute approximate surface area is 379 Å². The van der Waals surface area contributed by atoms with Gasteiger partial charge in [0.05, 0.1) is 0 Å². The summed E-state index contributed by atoms with van der Waals surface area (Å²) in [6.07, 6.45) is 31.4. The minimum absolute atomic E-state index is 0. The van der Waals surface area contributed by atoms with Crippen molar-refractivity contribution in [1.82, 2.24) is 0 Å². The SMILES string of the molecule is C[Si](C)(C)[N-][Si](C)(C)CC1=CC=CC1.C[Si](C)(C)[N-][Si](C)(C)CC1=CC=CC1.C[Si](C)(C)[N-][Si](C)(C)CC1=CC=CC1.C[Si](C)(C)[N-][Si](C)(C)CC1=CC=CC1.[Ti+4]. The van der Waals surface area contributed by atoms with Gasteiger partial charge in [-0.15, -0.1) is 0 Å². The van der Waals surface area contributed by atoms with E-state index in [0.29, 0.717) is 0 Å². The van der Waals surface area contributed by atoms with E-state index < -0.39 is 65.9 Å². The second-order valence-electron chi connectivity index (χ2n) is 22.9. The predicted octanol–water partition coefficient (Wildman–Crippen LogP) is 17.1. The maximum absolute atomic E-state index is 5.11. The summed E-state index contributed by atoms with van der Waals surface area (Å²) in [5, 5.41) is 0. The molecule has 0 aliphatic heterocycles. The molecule has 0 unspecified atom stereocenters. The summed E-state index contributed by atoms with van der Waals surface area (Å²) < 4.78 is 20.5. The Morgan fingerprint density at radius 3 is 0.579 bits per heavy atom. The van der Waals surface area contributed by atoms with E-state index in [2.05, 4.69) is 204 Å². The number of hydrogen-bond acceptors (Lipinski definition) is 0. The molecule has 0 aromatic carbocycles. The van der Waals surface area contributed by atoms with Crippen molar-refractivity contribution in [2.45, 2.75) is 181 Å². The fourth-order valence-electron chi connectivity index (χ4n) is 8.50.